The summed E-state index contributed by atoms with van der Waals surface area (Å²) in [5.41, 5.74) is 3.82. The highest BCUT2D eigenvalue weighted by molar-refractivity contribution is 5.78. The highest BCUT2D eigenvalue weighted by Crippen LogP contribution is 2.44. The molecule has 3 N–H and O–H groups in total. The third kappa shape index (κ3) is 4.05. The summed E-state index contributed by atoms with van der Waals surface area (Å²) >= 11 is 0. The number of aryl methyl sites for hydroxylation is 1. The first-order chi connectivity index (χ1) is 14.1. The van der Waals surface area contributed by atoms with Crippen molar-refractivity contribution >= 4 is 23.0 Å². The lowest BCUT2D eigenvalue weighted by Gasteiger charge is -2.28. The highest BCUT2D eigenvalue weighted by Gasteiger charge is 2.28. The molecule has 154 valence electrons. The lowest BCUT2D eigenvalue weighted by molar-refractivity contribution is 0.270. The quantitative estimate of drug-likeness (QED) is 0.712. The van der Waals surface area contributed by atoms with E-state index < -0.39 is 0 Å². The van der Waals surface area contributed by atoms with Gasteiger partial charge in [0.25, 0.3) is 0 Å². The largest absolute Gasteiger partial charge is 0.493 e. The Morgan fingerprint density at radius 1 is 1.28 bits per heavy atom. The van der Waals surface area contributed by atoms with Gasteiger partial charge < -0.3 is 20.7 Å². The average molecular weight is 397 g/mol. The molecule has 0 fully saturated rings. The van der Waals surface area contributed by atoms with E-state index in [0.29, 0.717) is 41.3 Å². The van der Waals surface area contributed by atoms with Crippen LogP contribution in [0.1, 0.15) is 48.9 Å². The molecule has 6 nitrogen and oxygen atoms in total. The molecule has 1 atom stereocenters. The average Bonchev–Trinajstić information content (AvgIpc) is 2.98. The fourth-order valence-electron chi connectivity index (χ4n) is 3.96. The summed E-state index contributed by atoms with van der Waals surface area (Å²) < 4.78 is 21.8. The van der Waals surface area contributed by atoms with Gasteiger partial charge in [-0.05, 0) is 55.9 Å². The normalized spacial score (nSPS) is 18.9. The maximum absolute atomic E-state index is 15.8. The summed E-state index contributed by atoms with van der Waals surface area (Å²) in [6.45, 7) is 6.34. The van der Waals surface area contributed by atoms with Crippen molar-refractivity contribution in [2.45, 2.75) is 39.0 Å². The smallest absolute Gasteiger partial charge is 0.229 e. The second-order valence-corrected chi connectivity index (χ2v) is 7.70. The second-order valence-electron chi connectivity index (χ2n) is 7.70. The fourth-order valence-corrected chi connectivity index (χ4v) is 3.96. The number of hydrogen-bond donors (Lipinski definition) is 3. The first kappa shape index (κ1) is 19.6. The number of nitrogens with zero attached hydrogens (tertiary/aromatic N) is 2. The zero-order valence-electron chi connectivity index (χ0n) is 17.2. The molecule has 0 saturated carbocycles. The molecule has 0 saturated heterocycles. The van der Waals surface area contributed by atoms with E-state index in [1.807, 2.05) is 19.1 Å². The second kappa shape index (κ2) is 8.37. The number of allylic oxidation sites excluding steroid dienone is 1. The maximum Gasteiger partial charge on any atom is 0.229 e. The first-order valence-corrected chi connectivity index (χ1v) is 10.3. The van der Waals surface area contributed by atoms with E-state index in [4.69, 9.17) is 4.74 Å². The van der Waals surface area contributed by atoms with Crippen molar-refractivity contribution < 1.29 is 9.13 Å². The molecule has 1 aromatic heterocycles. The molecule has 4 rings (SSSR count). The van der Waals surface area contributed by atoms with Crippen molar-refractivity contribution in [1.29, 1.82) is 0 Å². The van der Waals surface area contributed by atoms with Gasteiger partial charge in [0.1, 0.15) is 11.6 Å². The zero-order valence-corrected chi connectivity index (χ0v) is 17.2. The third-order valence-electron chi connectivity index (χ3n) is 5.54. The van der Waals surface area contributed by atoms with Gasteiger partial charge >= 0.3 is 0 Å². The first-order valence-electron chi connectivity index (χ1n) is 10.3. The van der Waals surface area contributed by atoms with E-state index in [2.05, 4.69) is 38.9 Å². The molecular formula is C22H28FN5O. The van der Waals surface area contributed by atoms with E-state index >= 15 is 4.39 Å². The third-order valence-corrected chi connectivity index (χ3v) is 5.54. The van der Waals surface area contributed by atoms with E-state index in [1.54, 1.807) is 7.05 Å². The molecule has 3 heterocycles. The van der Waals surface area contributed by atoms with Crippen LogP contribution in [-0.2, 0) is 0 Å². The SMILES string of the molecule is CNc1cc(C)nc(Nc2cc3c(c(C4=CCNCCC4)c2F)OCC[C@@H]3C)n1. The van der Waals surface area contributed by atoms with Crippen LogP contribution < -0.4 is 20.7 Å². The van der Waals surface area contributed by atoms with Crippen LogP contribution in [0.15, 0.2) is 18.2 Å². The minimum absolute atomic E-state index is 0.300. The maximum atomic E-state index is 15.8. The lowest BCUT2D eigenvalue weighted by Crippen LogP contribution is -2.16. The summed E-state index contributed by atoms with van der Waals surface area (Å²) in [6, 6.07) is 3.71. The van der Waals surface area contributed by atoms with Crippen LogP contribution in [-0.4, -0.2) is 36.7 Å². The summed E-state index contributed by atoms with van der Waals surface area (Å²) in [5.74, 6) is 1.76. The molecule has 29 heavy (non-hydrogen) atoms. The van der Waals surface area contributed by atoms with Crippen LogP contribution in [0, 0.1) is 12.7 Å². The Balaban J connectivity index is 1.82. The van der Waals surface area contributed by atoms with Gasteiger partial charge in [-0.15, -0.1) is 0 Å². The molecule has 0 unspecified atom stereocenters. The van der Waals surface area contributed by atoms with Gasteiger partial charge in [0.15, 0.2) is 5.82 Å². The molecule has 1 aromatic carbocycles. The van der Waals surface area contributed by atoms with Crippen LogP contribution in [0.25, 0.3) is 5.57 Å². The van der Waals surface area contributed by atoms with E-state index in [1.165, 1.54) is 0 Å². The van der Waals surface area contributed by atoms with E-state index in [-0.39, 0.29) is 5.82 Å². The van der Waals surface area contributed by atoms with Gasteiger partial charge in [0, 0.05) is 25.4 Å². The van der Waals surface area contributed by atoms with Gasteiger partial charge in [0.05, 0.1) is 17.9 Å². The molecule has 0 spiro atoms. The Morgan fingerprint density at radius 2 is 2.14 bits per heavy atom. The Hall–Kier alpha value is -2.67. The van der Waals surface area contributed by atoms with Gasteiger partial charge in [-0.3, -0.25) is 0 Å². The Labute approximate surface area is 171 Å². The lowest BCUT2D eigenvalue weighted by atomic mass is 9.88. The fraction of sp³-hybridized carbons (Fsp3) is 0.455. The number of benzene rings is 1. The summed E-state index contributed by atoms with van der Waals surface area (Å²) in [5, 5.41) is 9.48. The Morgan fingerprint density at radius 3 is 2.97 bits per heavy atom. The molecule has 2 aliphatic rings. The number of aromatic nitrogens is 2. The molecule has 0 amide bonds. The molecular weight excluding hydrogens is 369 g/mol. The standard InChI is InChI=1S/C22H28FN5O/c1-13-7-10-29-21-16(13)12-17(27-22-26-14(2)11-18(24-3)28-22)20(23)19(21)15-5-4-8-25-9-6-15/h6,11-13,25H,4-5,7-10H2,1-3H3,(H2,24,26,27,28)/t13-/m0/s1. The van der Waals surface area contributed by atoms with Gasteiger partial charge in [-0.1, -0.05) is 13.0 Å². The molecule has 0 radical (unpaired) electrons. The summed E-state index contributed by atoms with van der Waals surface area (Å²) in [7, 11) is 1.80. The van der Waals surface area contributed by atoms with E-state index in [9.17, 15) is 0 Å². The summed E-state index contributed by atoms with van der Waals surface area (Å²) in [6.07, 6.45) is 4.80. The monoisotopic (exact) mass is 397 g/mol. The number of rotatable bonds is 4. The molecule has 2 aliphatic heterocycles. The molecule has 2 aromatic rings. The Bertz CT molecular complexity index is 943. The van der Waals surface area contributed by atoms with Crippen molar-refractivity contribution in [1.82, 2.24) is 15.3 Å². The Kier molecular flexibility index (Phi) is 5.67. The van der Waals surface area contributed by atoms with Crippen LogP contribution >= 0.6 is 0 Å². The van der Waals surface area contributed by atoms with Crippen molar-refractivity contribution in [2.75, 3.05) is 37.4 Å². The predicted octanol–water partition coefficient (Wildman–Crippen LogP) is 4.36. The zero-order chi connectivity index (χ0) is 20.4. The minimum atomic E-state index is -0.304. The number of halogens is 1. The minimum Gasteiger partial charge on any atom is -0.493 e. The number of hydrogen-bond acceptors (Lipinski definition) is 6. The van der Waals surface area contributed by atoms with Gasteiger partial charge in [0.2, 0.25) is 5.95 Å². The topological polar surface area (TPSA) is 71.1 Å². The van der Waals surface area contributed by atoms with Crippen molar-refractivity contribution in [2.24, 2.45) is 0 Å². The number of fused-ring (bicyclic) bond motifs is 1. The van der Waals surface area contributed by atoms with Crippen LogP contribution in [0.4, 0.5) is 21.8 Å². The van der Waals surface area contributed by atoms with Crippen molar-refractivity contribution in [3.63, 3.8) is 0 Å². The van der Waals surface area contributed by atoms with Crippen molar-refractivity contribution in [3.05, 3.63) is 40.8 Å². The highest BCUT2D eigenvalue weighted by atomic mass is 19.1. The van der Waals surface area contributed by atoms with Crippen LogP contribution in [0.5, 0.6) is 5.75 Å². The van der Waals surface area contributed by atoms with Crippen LogP contribution in [0.2, 0.25) is 0 Å². The van der Waals surface area contributed by atoms with Crippen LogP contribution in [0.3, 0.4) is 0 Å². The number of nitrogens with one attached hydrogen (secondary N) is 3. The number of anilines is 3. The predicted molar refractivity (Wildman–Crippen MR) is 115 cm³/mol. The molecule has 0 aliphatic carbocycles. The van der Waals surface area contributed by atoms with E-state index in [0.717, 1.165) is 49.2 Å². The van der Waals surface area contributed by atoms with Crippen molar-refractivity contribution in [3.8, 4) is 5.75 Å². The van der Waals surface area contributed by atoms with Gasteiger partial charge in [-0.25, -0.2) is 9.37 Å². The number of ether oxygens (including phenoxy) is 1. The molecule has 7 heteroatoms. The van der Waals surface area contributed by atoms with Gasteiger partial charge in [-0.2, -0.15) is 4.98 Å². The summed E-state index contributed by atoms with van der Waals surface area (Å²) in [4.78, 5) is 8.84. The molecule has 0 bridgehead atoms.